The van der Waals surface area contributed by atoms with Crippen molar-refractivity contribution in [1.82, 2.24) is 0 Å². The van der Waals surface area contributed by atoms with Gasteiger partial charge in [0.2, 0.25) is 0 Å². The summed E-state index contributed by atoms with van der Waals surface area (Å²) in [6.45, 7) is 1.73. The number of hydrogen-bond donors (Lipinski definition) is 2. The molecule has 1 amide bonds. The lowest BCUT2D eigenvalue weighted by Crippen LogP contribution is -2.17. The van der Waals surface area contributed by atoms with Crippen molar-refractivity contribution in [3.8, 4) is 5.75 Å². The summed E-state index contributed by atoms with van der Waals surface area (Å²) in [6.07, 6.45) is -1.04. The van der Waals surface area contributed by atoms with Crippen molar-refractivity contribution in [3.05, 3.63) is 29.6 Å². The Labute approximate surface area is 80.6 Å². The van der Waals surface area contributed by atoms with Crippen LogP contribution in [0.1, 0.15) is 18.5 Å². The first-order valence-corrected chi connectivity index (χ1v) is 4.03. The van der Waals surface area contributed by atoms with Crippen LogP contribution < -0.4 is 16.2 Å². The Balaban J connectivity index is 2.95. The normalized spacial score (nSPS) is 12.2. The molecule has 0 fully saturated rings. The maximum Gasteiger partial charge on any atom is 0.410 e. The zero-order chi connectivity index (χ0) is 10.7. The molecule has 76 valence electrons. The maximum absolute atomic E-state index is 13.2. The van der Waals surface area contributed by atoms with Crippen LogP contribution in [0, 0.1) is 5.82 Å². The van der Waals surface area contributed by atoms with E-state index in [2.05, 4.69) is 4.74 Å². The third-order valence-electron chi connectivity index (χ3n) is 1.69. The van der Waals surface area contributed by atoms with E-state index in [1.54, 1.807) is 13.0 Å². The summed E-state index contributed by atoms with van der Waals surface area (Å²) >= 11 is 0. The topological polar surface area (TPSA) is 78.3 Å². The fourth-order valence-electron chi connectivity index (χ4n) is 0.991. The maximum atomic E-state index is 13.2. The zero-order valence-corrected chi connectivity index (χ0v) is 7.66. The number of carbonyl (C=O) groups is 1. The van der Waals surface area contributed by atoms with Crippen molar-refractivity contribution in [2.45, 2.75) is 13.0 Å². The summed E-state index contributed by atoms with van der Waals surface area (Å²) in [7, 11) is 0. The van der Waals surface area contributed by atoms with Crippen molar-refractivity contribution in [2.24, 2.45) is 11.5 Å². The van der Waals surface area contributed by atoms with Crippen LogP contribution in [0.5, 0.6) is 5.75 Å². The van der Waals surface area contributed by atoms with Gasteiger partial charge >= 0.3 is 6.09 Å². The fraction of sp³-hybridized carbons (Fsp3) is 0.222. The molecule has 0 aliphatic carbocycles. The van der Waals surface area contributed by atoms with Gasteiger partial charge in [0.05, 0.1) is 0 Å². The van der Waals surface area contributed by atoms with Gasteiger partial charge in [0, 0.05) is 6.04 Å². The van der Waals surface area contributed by atoms with E-state index in [9.17, 15) is 9.18 Å². The van der Waals surface area contributed by atoms with E-state index in [0.29, 0.717) is 5.56 Å². The Morgan fingerprint density at radius 3 is 2.64 bits per heavy atom. The lowest BCUT2D eigenvalue weighted by Gasteiger charge is -2.07. The number of carbonyl (C=O) groups excluding carboxylic acids is 1. The average molecular weight is 198 g/mol. The molecule has 14 heavy (non-hydrogen) atoms. The second-order valence-electron chi connectivity index (χ2n) is 2.90. The molecule has 0 saturated carbocycles. The van der Waals surface area contributed by atoms with Crippen LogP contribution in [0.25, 0.3) is 0 Å². The Morgan fingerprint density at radius 1 is 1.57 bits per heavy atom. The van der Waals surface area contributed by atoms with E-state index in [0.717, 1.165) is 0 Å². The van der Waals surface area contributed by atoms with Gasteiger partial charge in [0.15, 0.2) is 11.6 Å². The molecule has 1 aromatic carbocycles. The van der Waals surface area contributed by atoms with Crippen molar-refractivity contribution in [3.63, 3.8) is 0 Å². The summed E-state index contributed by atoms with van der Waals surface area (Å²) in [5, 5.41) is 0. The van der Waals surface area contributed by atoms with Gasteiger partial charge in [0.1, 0.15) is 0 Å². The quantitative estimate of drug-likeness (QED) is 0.751. The third kappa shape index (κ3) is 2.43. The number of ether oxygens (including phenoxy) is 1. The summed E-state index contributed by atoms with van der Waals surface area (Å²) in [5.74, 6) is -0.847. The molecule has 0 aromatic heterocycles. The molecule has 4 N–H and O–H groups in total. The van der Waals surface area contributed by atoms with Crippen molar-refractivity contribution < 1.29 is 13.9 Å². The second kappa shape index (κ2) is 4.06. The van der Waals surface area contributed by atoms with Crippen LogP contribution in [0.4, 0.5) is 9.18 Å². The van der Waals surface area contributed by atoms with Gasteiger partial charge in [-0.05, 0) is 24.6 Å². The Bertz CT molecular complexity index is 353. The lowest BCUT2D eigenvalue weighted by atomic mass is 10.1. The average Bonchev–Trinajstić information content (AvgIpc) is 2.07. The molecule has 0 aliphatic heterocycles. The predicted octanol–water partition coefficient (Wildman–Crippen LogP) is 1.30. The first kappa shape index (κ1) is 10.5. The molecule has 0 radical (unpaired) electrons. The minimum Gasteiger partial charge on any atom is -0.407 e. The SMILES string of the molecule is C[C@H](N)c1ccc(OC(N)=O)c(F)c1. The molecule has 4 nitrogen and oxygen atoms in total. The van der Waals surface area contributed by atoms with E-state index in [-0.39, 0.29) is 11.8 Å². The highest BCUT2D eigenvalue weighted by Gasteiger charge is 2.08. The van der Waals surface area contributed by atoms with Gasteiger partial charge in [-0.1, -0.05) is 6.07 Å². The lowest BCUT2D eigenvalue weighted by molar-refractivity contribution is 0.208. The highest BCUT2D eigenvalue weighted by atomic mass is 19.1. The first-order valence-electron chi connectivity index (χ1n) is 4.03. The molecule has 0 unspecified atom stereocenters. The van der Waals surface area contributed by atoms with Crippen LogP contribution in [0.3, 0.4) is 0 Å². The Morgan fingerprint density at radius 2 is 2.21 bits per heavy atom. The highest BCUT2D eigenvalue weighted by molar-refractivity contribution is 5.68. The minimum atomic E-state index is -1.04. The largest absolute Gasteiger partial charge is 0.410 e. The number of rotatable bonds is 2. The molecular formula is C9H11FN2O2. The van der Waals surface area contributed by atoms with Gasteiger partial charge in [-0.15, -0.1) is 0 Å². The summed E-state index contributed by atoms with van der Waals surface area (Å²) < 4.78 is 17.6. The number of amides is 1. The molecule has 1 aromatic rings. The number of halogens is 1. The number of hydrogen-bond acceptors (Lipinski definition) is 3. The molecule has 0 aliphatic rings. The van der Waals surface area contributed by atoms with Crippen LogP contribution in [-0.2, 0) is 0 Å². The van der Waals surface area contributed by atoms with E-state index < -0.39 is 11.9 Å². The first-order chi connectivity index (χ1) is 6.50. The number of primary amides is 1. The molecule has 1 rings (SSSR count). The van der Waals surface area contributed by atoms with E-state index in [1.165, 1.54) is 12.1 Å². The molecule has 0 heterocycles. The van der Waals surface area contributed by atoms with Crippen molar-refractivity contribution in [2.75, 3.05) is 0 Å². The molecule has 5 heteroatoms. The summed E-state index contributed by atoms with van der Waals surface area (Å²) in [6, 6.07) is 3.83. The monoisotopic (exact) mass is 198 g/mol. The summed E-state index contributed by atoms with van der Waals surface area (Å²) in [5.41, 5.74) is 10.9. The number of nitrogens with two attached hydrogens (primary N) is 2. The smallest absolute Gasteiger partial charge is 0.407 e. The molecule has 0 spiro atoms. The van der Waals surface area contributed by atoms with E-state index >= 15 is 0 Å². The van der Waals surface area contributed by atoms with Crippen LogP contribution in [0.2, 0.25) is 0 Å². The van der Waals surface area contributed by atoms with Crippen LogP contribution in [-0.4, -0.2) is 6.09 Å². The molecule has 0 saturated heterocycles. The van der Waals surface area contributed by atoms with Gasteiger partial charge in [-0.2, -0.15) is 0 Å². The Hall–Kier alpha value is -1.62. The second-order valence-corrected chi connectivity index (χ2v) is 2.90. The minimum absolute atomic E-state index is 0.193. The van der Waals surface area contributed by atoms with E-state index in [1.807, 2.05) is 0 Å². The van der Waals surface area contributed by atoms with Gasteiger partial charge in [-0.25, -0.2) is 9.18 Å². The van der Waals surface area contributed by atoms with Gasteiger partial charge < -0.3 is 16.2 Å². The van der Waals surface area contributed by atoms with Crippen molar-refractivity contribution >= 4 is 6.09 Å². The molecular weight excluding hydrogens is 187 g/mol. The Kier molecular flexibility index (Phi) is 3.03. The molecule has 0 bridgehead atoms. The predicted molar refractivity (Wildman–Crippen MR) is 49.2 cm³/mol. The van der Waals surface area contributed by atoms with Crippen molar-refractivity contribution in [1.29, 1.82) is 0 Å². The zero-order valence-electron chi connectivity index (χ0n) is 7.66. The van der Waals surface area contributed by atoms with Gasteiger partial charge in [0.25, 0.3) is 0 Å². The highest BCUT2D eigenvalue weighted by Crippen LogP contribution is 2.20. The fourth-order valence-corrected chi connectivity index (χ4v) is 0.991. The number of benzene rings is 1. The molecule has 1 atom stereocenters. The summed E-state index contributed by atoms with van der Waals surface area (Å²) in [4.78, 5) is 10.3. The van der Waals surface area contributed by atoms with Crippen LogP contribution in [0.15, 0.2) is 18.2 Å². The van der Waals surface area contributed by atoms with Gasteiger partial charge in [-0.3, -0.25) is 0 Å². The standard InChI is InChI=1S/C9H11FN2O2/c1-5(11)6-2-3-8(7(10)4-6)14-9(12)13/h2-5H,11H2,1H3,(H2,12,13)/t5-/m0/s1. The van der Waals surface area contributed by atoms with E-state index in [4.69, 9.17) is 11.5 Å². The van der Waals surface area contributed by atoms with Crippen LogP contribution >= 0.6 is 0 Å². The third-order valence-corrected chi connectivity index (χ3v) is 1.69.